The molecule has 0 radical (unpaired) electrons. The average Bonchev–Trinajstić information content (AvgIpc) is 2.20. The maximum Gasteiger partial charge on any atom is 0.161 e. The average molecular weight is 227 g/mol. The second-order valence-electron chi connectivity index (χ2n) is 3.54. The number of nitrogens with two attached hydrogens (primary N) is 1. The van der Waals surface area contributed by atoms with E-state index in [1.165, 1.54) is 11.1 Å². The normalized spacial score (nSPS) is 17.1. The molecule has 84 valence electrons. The highest BCUT2D eigenvalue weighted by Gasteiger charge is 2.26. The number of benzene rings is 1. The highest BCUT2D eigenvalue weighted by Crippen LogP contribution is 2.41. The van der Waals surface area contributed by atoms with Crippen LogP contribution in [-0.4, -0.2) is 20.8 Å². The van der Waals surface area contributed by atoms with Crippen LogP contribution in [0.2, 0.25) is 0 Å². The van der Waals surface area contributed by atoms with Crippen molar-refractivity contribution in [3.05, 3.63) is 23.3 Å². The van der Waals surface area contributed by atoms with Gasteiger partial charge in [-0.3, -0.25) is 0 Å². The molecule has 1 aromatic rings. The van der Waals surface area contributed by atoms with E-state index >= 15 is 0 Å². The van der Waals surface area contributed by atoms with Crippen molar-refractivity contribution in [1.82, 2.24) is 0 Å². The number of methoxy groups -OCH3 is 2. The molecule has 0 unspecified atom stereocenters. The van der Waals surface area contributed by atoms with E-state index in [2.05, 4.69) is 0 Å². The van der Waals surface area contributed by atoms with Gasteiger partial charge in [-0.25, -0.2) is 0 Å². The molecule has 1 atom stereocenters. The summed E-state index contributed by atoms with van der Waals surface area (Å²) in [6.45, 7) is 0.711. The minimum Gasteiger partial charge on any atom is -0.493 e. The molecular weight excluding hydrogens is 210 g/mol. The quantitative estimate of drug-likeness (QED) is 0.849. The van der Waals surface area contributed by atoms with Crippen molar-refractivity contribution in [2.75, 3.05) is 20.8 Å². The summed E-state index contributed by atoms with van der Waals surface area (Å²) in [6, 6.07) is 4.08. The molecule has 0 saturated carbocycles. The molecule has 1 aliphatic rings. The fraction of sp³-hybridized carbons (Fsp3) is 0.455. The smallest absolute Gasteiger partial charge is 0.161 e. The molecule has 0 spiro atoms. The third-order valence-electron chi connectivity index (χ3n) is 2.84. The Morgan fingerprint density at radius 3 is 2.40 bits per heavy atom. The van der Waals surface area contributed by atoms with Gasteiger partial charge in [-0.15, -0.1) is 0 Å². The van der Waals surface area contributed by atoms with E-state index in [0.29, 0.717) is 12.5 Å². The first kappa shape index (κ1) is 12.2. The first-order valence-electron chi connectivity index (χ1n) is 4.75. The lowest BCUT2D eigenvalue weighted by atomic mass is 9.77. The summed E-state index contributed by atoms with van der Waals surface area (Å²) in [7, 11) is 3.31. The molecule has 1 aliphatic carbocycles. The molecule has 0 heterocycles. The highest BCUT2D eigenvalue weighted by molar-refractivity contribution is 7.59. The van der Waals surface area contributed by atoms with Gasteiger partial charge in [-0.2, -0.15) is 13.5 Å². The molecule has 0 saturated heterocycles. The van der Waals surface area contributed by atoms with Crippen molar-refractivity contribution >= 4 is 13.5 Å². The van der Waals surface area contributed by atoms with Gasteiger partial charge in [-0.1, -0.05) is 0 Å². The summed E-state index contributed by atoms with van der Waals surface area (Å²) >= 11 is 0. The molecule has 2 rings (SSSR count). The highest BCUT2D eigenvalue weighted by atomic mass is 32.1. The molecule has 1 aromatic carbocycles. The minimum absolute atomic E-state index is 0. The van der Waals surface area contributed by atoms with Crippen LogP contribution in [0.3, 0.4) is 0 Å². The van der Waals surface area contributed by atoms with Crippen LogP contribution in [0, 0.1) is 0 Å². The largest absolute Gasteiger partial charge is 0.493 e. The van der Waals surface area contributed by atoms with Gasteiger partial charge in [0.2, 0.25) is 0 Å². The van der Waals surface area contributed by atoms with E-state index in [0.717, 1.165) is 17.9 Å². The van der Waals surface area contributed by atoms with Crippen LogP contribution in [0.5, 0.6) is 11.5 Å². The topological polar surface area (TPSA) is 44.5 Å². The van der Waals surface area contributed by atoms with E-state index < -0.39 is 0 Å². The zero-order chi connectivity index (χ0) is 10.1. The van der Waals surface area contributed by atoms with Gasteiger partial charge < -0.3 is 15.2 Å². The van der Waals surface area contributed by atoms with Gasteiger partial charge in [0.25, 0.3) is 0 Å². The Bertz CT molecular complexity index is 355. The van der Waals surface area contributed by atoms with Crippen LogP contribution in [0.4, 0.5) is 0 Å². The van der Waals surface area contributed by atoms with E-state index in [4.69, 9.17) is 15.2 Å². The third-order valence-corrected chi connectivity index (χ3v) is 2.84. The summed E-state index contributed by atoms with van der Waals surface area (Å²) in [5.74, 6) is 2.11. The van der Waals surface area contributed by atoms with Crippen LogP contribution >= 0.6 is 13.5 Å². The van der Waals surface area contributed by atoms with E-state index in [1.54, 1.807) is 14.2 Å². The number of hydrogen-bond acceptors (Lipinski definition) is 3. The molecule has 0 aromatic heterocycles. The van der Waals surface area contributed by atoms with Crippen molar-refractivity contribution in [2.45, 2.75) is 12.3 Å². The van der Waals surface area contributed by atoms with Crippen molar-refractivity contribution < 1.29 is 9.47 Å². The number of rotatable bonds is 3. The molecule has 2 N–H and O–H groups in total. The lowest BCUT2D eigenvalue weighted by Crippen LogP contribution is -2.24. The summed E-state index contributed by atoms with van der Waals surface area (Å²) in [5, 5.41) is 0. The molecule has 0 bridgehead atoms. The van der Waals surface area contributed by atoms with Gasteiger partial charge in [0.15, 0.2) is 11.5 Å². The predicted molar refractivity (Wildman–Crippen MR) is 65.4 cm³/mol. The zero-order valence-corrected chi connectivity index (χ0v) is 10.0. The Morgan fingerprint density at radius 1 is 1.27 bits per heavy atom. The van der Waals surface area contributed by atoms with Crippen LogP contribution in [-0.2, 0) is 6.42 Å². The molecule has 3 nitrogen and oxygen atoms in total. The zero-order valence-electron chi connectivity index (χ0n) is 9.04. The molecule has 0 fully saturated rings. The first-order valence-corrected chi connectivity index (χ1v) is 4.75. The maximum atomic E-state index is 5.64. The van der Waals surface area contributed by atoms with E-state index in [9.17, 15) is 0 Å². The predicted octanol–water partition coefficient (Wildman–Crippen LogP) is 1.41. The Balaban J connectivity index is 0.00000112. The molecule has 0 aliphatic heterocycles. The number of ether oxygens (including phenoxy) is 2. The van der Waals surface area contributed by atoms with Crippen molar-refractivity contribution in [2.24, 2.45) is 5.73 Å². The first-order chi connectivity index (χ1) is 6.80. The summed E-state index contributed by atoms with van der Waals surface area (Å²) in [6.07, 6.45) is 1.06. The van der Waals surface area contributed by atoms with Gasteiger partial charge in [0.1, 0.15) is 0 Å². The number of hydrogen-bond donors (Lipinski definition) is 1. The monoisotopic (exact) mass is 227 g/mol. The van der Waals surface area contributed by atoms with Crippen molar-refractivity contribution in [1.29, 1.82) is 0 Å². The summed E-state index contributed by atoms with van der Waals surface area (Å²) in [5.41, 5.74) is 8.28. The molecular formula is C11H17NO2S. The van der Waals surface area contributed by atoms with Gasteiger partial charge >= 0.3 is 0 Å². The van der Waals surface area contributed by atoms with E-state index in [1.807, 2.05) is 12.1 Å². The summed E-state index contributed by atoms with van der Waals surface area (Å²) < 4.78 is 10.5. The van der Waals surface area contributed by atoms with E-state index in [-0.39, 0.29) is 13.5 Å². The lowest BCUT2D eigenvalue weighted by molar-refractivity contribution is 0.352. The Labute approximate surface area is 97.0 Å². The Morgan fingerprint density at radius 2 is 1.87 bits per heavy atom. The second kappa shape index (κ2) is 4.77. The lowest BCUT2D eigenvalue weighted by Gasteiger charge is -2.30. The van der Waals surface area contributed by atoms with Crippen LogP contribution in [0.1, 0.15) is 17.0 Å². The standard InChI is InChI=1S/C11H15NO2.H2S/c1-13-10-4-7-3-8(6-12)9(7)5-11(10)14-2;/h4-5,8H,3,6,12H2,1-2H3;1H2/t8-;/m1./s1. The fourth-order valence-corrected chi connectivity index (χ4v) is 1.95. The van der Waals surface area contributed by atoms with Crippen LogP contribution < -0.4 is 15.2 Å². The van der Waals surface area contributed by atoms with Crippen LogP contribution in [0.25, 0.3) is 0 Å². The Kier molecular flexibility index (Phi) is 3.88. The van der Waals surface area contributed by atoms with Gasteiger partial charge in [-0.05, 0) is 36.2 Å². The SMILES string of the molecule is COc1cc2c(cc1OC)[C@@H](CN)C2.S. The molecule has 4 heteroatoms. The molecule has 15 heavy (non-hydrogen) atoms. The number of fused-ring (bicyclic) bond motifs is 1. The van der Waals surface area contributed by atoms with Gasteiger partial charge in [0.05, 0.1) is 14.2 Å². The fourth-order valence-electron chi connectivity index (χ4n) is 1.95. The molecule has 0 amide bonds. The third kappa shape index (κ3) is 1.92. The minimum atomic E-state index is 0. The second-order valence-corrected chi connectivity index (χ2v) is 3.54. The maximum absolute atomic E-state index is 5.64. The summed E-state index contributed by atoms with van der Waals surface area (Å²) in [4.78, 5) is 0. The Hall–Kier alpha value is -0.870. The van der Waals surface area contributed by atoms with Gasteiger partial charge in [0, 0.05) is 5.92 Å². The van der Waals surface area contributed by atoms with Crippen LogP contribution in [0.15, 0.2) is 12.1 Å². The van der Waals surface area contributed by atoms with Crippen molar-refractivity contribution in [3.8, 4) is 11.5 Å². The van der Waals surface area contributed by atoms with Crippen molar-refractivity contribution in [3.63, 3.8) is 0 Å².